The molecule has 1 rings (SSSR count). The average Bonchev–Trinajstić information content (AvgIpc) is 2.96. The van der Waals surface area contributed by atoms with Gasteiger partial charge in [0.1, 0.15) is 0 Å². The van der Waals surface area contributed by atoms with E-state index >= 15 is 0 Å². The van der Waals surface area contributed by atoms with E-state index in [9.17, 15) is 8.42 Å². The molecule has 1 heterocycles. The molecule has 23 heavy (non-hydrogen) atoms. The molecule has 0 aliphatic carbocycles. The smallest absolute Gasteiger partial charge is 0.211 e. The molecule has 0 aromatic carbocycles. The van der Waals surface area contributed by atoms with Gasteiger partial charge in [-0.25, -0.2) is 12.7 Å². The SMILES string of the molecule is CCN1CCCC1CNC(=NC)NCCCN(CC)S(C)(=O)=O. The molecule has 136 valence electrons. The van der Waals surface area contributed by atoms with Crippen LogP contribution in [0.15, 0.2) is 4.99 Å². The normalized spacial score (nSPS) is 20.2. The van der Waals surface area contributed by atoms with Crippen molar-refractivity contribution in [2.75, 3.05) is 52.6 Å². The highest BCUT2D eigenvalue weighted by Gasteiger charge is 2.22. The van der Waals surface area contributed by atoms with E-state index in [1.165, 1.54) is 29.9 Å². The van der Waals surface area contributed by atoms with Gasteiger partial charge in [-0.05, 0) is 32.4 Å². The van der Waals surface area contributed by atoms with Crippen LogP contribution in [0.25, 0.3) is 0 Å². The number of hydrogen-bond acceptors (Lipinski definition) is 4. The standard InChI is InChI=1S/C15H33N5O2S/c1-5-19-11-7-9-14(19)13-18-15(16-3)17-10-8-12-20(6-2)23(4,21)22/h14H,5-13H2,1-4H3,(H2,16,17,18). The van der Waals surface area contributed by atoms with Gasteiger partial charge in [-0.15, -0.1) is 0 Å². The predicted molar refractivity (Wildman–Crippen MR) is 96.3 cm³/mol. The summed E-state index contributed by atoms with van der Waals surface area (Å²) in [5.41, 5.74) is 0. The van der Waals surface area contributed by atoms with Gasteiger partial charge in [-0.1, -0.05) is 13.8 Å². The van der Waals surface area contributed by atoms with Gasteiger partial charge in [-0.2, -0.15) is 0 Å². The van der Waals surface area contributed by atoms with E-state index < -0.39 is 10.0 Å². The summed E-state index contributed by atoms with van der Waals surface area (Å²) >= 11 is 0. The molecule has 1 saturated heterocycles. The van der Waals surface area contributed by atoms with Crippen molar-refractivity contribution in [1.82, 2.24) is 19.8 Å². The van der Waals surface area contributed by atoms with Gasteiger partial charge in [0.15, 0.2) is 5.96 Å². The molecule has 1 aliphatic heterocycles. The van der Waals surface area contributed by atoms with Crippen molar-refractivity contribution in [2.24, 2.45) is 4.99 Å². The zero-order chi connectivity index (χ0) is 17.3. The van der Waals surface area contributed by atoms with Crippen LogP contribution in [0.4, 0.5) is 0 Å². The van der Waals surface area contributed by atoms with Crippen molar-refractivity contribution in [3.05, 3.63) is 0 Å². The molecule has 0 spiro atoms. The molecule has 0 saturated carbocycles. The van der Waals surface area contributed by atoms with Gasteiger partial charge in [0.2, 0.25) is 10.0 Å². The molecule has 0 aromatic heterocycles. The van der Waals surface area contributed by atoms with Gasteiger partial charge in [-0.3, -0.25) is 9.89 Å². The Morgan fingerprint density at radius 1 is 1.35 bits per heavy atom. The molecule has 1 fully saturated rings. The fourth-order valence-electron chi connectivity index (χ4n) is 3.00. The minimum atomic E-state index is -3.10. The lowest BCUT2D eigenvalue weighted by Crippen LogP contribution is -2.45. The van der Waals surface area contributed by atoms with Gasteiger partial charge >= 0.3 is 0 Å². The number of sulfonamides is 1. The Hall–Kier alpha value is -0.860. The largest absolute Gasteiger partial charge is 0.356 e. The third-order valence-electron chi connectivity index (χ3n) is 4.33. The summed E-state index contributed by atoms with van der Waals surface area (Å²) in [7, 11) is -1.34. The molecule has 0 radical (unpaired) electrons. The van der Waals surface area contributed by atoms with E-state index in [1.54, 1.807) is 7.05 Å². The molecule has 0 aromatic rings. The van der Waals surface area contributed by atoms with Crippen molar-refractivity contribution in [1.29, 1.82) is 0 Å². The van der Waals surface area contributed by atoms with Crippen LogP contribution in [-0.4, -0.2) is 82.2 Å². The van der Waals surface area contributed by atoms with Crippen molar-refractivity contribution in [3.63, 3.8) is 0 Å². The number of nitrogens with zero attached hydrogens (tertiary/aromatic N) is 3. The van der Waals surface area contributed by atoms with Crippen LogP contribution in [-0.2, 0) is 10.0 Å². The molecule has 1 aliphatic rings. The Labute approximate surface area is 141 Å². The van der Waals surface area contributed by atoms with Crippen LogP contribution in [0.2, 0.25) is 0 Å². The Kier molecular flexibility index (Phi) is 8.86. The van der Waals surface area contributed by atoms with E-state index in [2.05, 4.69) is 27.4 Å². The fourth-order valence-corrected chi connectivity index (χ4v) is 3.93. The lowest BCUT2D eigenvalue weighted by atomic mass is 10.2. The first-order valence-electron chi connectivity index (χ1n) is 8.56. The van der Waals surface area contributed by atoms with Crippen molar-refractivity contribution in [2.45, 2.75) is 39.2 Å². The first-order valence-corrected chi connectivity index (χ1v) is 10.4. The second-order valence-corrected chi connectivity index (χ2v) is 7.90. The summed E-state index contributed by atoms with van der Waals surface area (Å²) in [6, 6.07) is 0.583. The number of rotatable bonds is 9. The number of likely N-dealkylation sites (tertiary alicyclic amines) is 1. The maximum absolute atomic E-state index is 11.5. The quantitative estimate of drug-likeness (QED) is 0.357. The third kappa shape index (κ3) is 7.05. The Bertz CT molecular complexity index is 466. The average molecular weight is 348 g/mol. The third-order valence-corrected chi connectivity index (χ3v) is 5.71. The fraction of sp³-hybridized carbons (Fsp3) is 0.933. The lowest BCUT2D eigenvalue weighted by molar-refractivity contribution is 0.267. The molecule has 0 amide bonds. The van der Waals surface area contributed by atoms with Gasteiger partial charge in [0, 0.05) is 39.3 Å². The Morgan fingerprint density at radius 2 is 2.09 bits per heavy atom. The summed E-state index contributed by atoms with van der Waals surface area (Å²) in [6.45, 7) is 8.99. The minimum absolute atomic E-state index is 0.514. The van der Waals surface area contributed by atoms with Gasteiger partial charge in [0.05, 0.1) is 6.26 Å². The first kappa shape index (κ1) is 20.2. The molecule has 1 atom stereocenters. The van der Waals surface area contributed by atoms with Gasteiger partial charge in [0.25, 0.3) is 0 Å². The van der Waals surface area contributed by atoms with E-state index in [-0.39, 0.29) is 0 Å². The molecule has 0 bridgehead atoms. The molecular weight excluding hydrogens is 314 g/mol. The maximum Gasteiger partial charge on any atom is 0.211 e. The topological polar surface area (TPSA) is 77.0 Å². The second kappa shape index (κ2) is 10.1. The number of nitrogens with one attached hydrogen (secondary N) is 2. The Balaban J connectivity index is 2.27. The number of aliphatic imine (C=N–C) groups is 1. The van der Waals surface area contributed by atoms with E-state index in [4.69, 9.17) is 0 Å². The van der Waals surface area contributed by atoms with Crippen molar-refractivity contribution in [3.8, 4) is 0 Å². The van der Waals surface area contributed by atoms with Crippen LogP contribution in [0.5, 0.6) is 0 Å². The number of likely N-dealkylation sites (N-methyl/N-ethyl adjacent to an activating group) is 1. The van der Waals surface area contributed by atoms with Crippen LogP contribution >= 0.6 is 0 Å². The van der Waals surface area contributed by atoms with Crippen LogP contribution in [0.1, 0.15) is 33.1 Å². The number of guanidine groups is 1. The zero-order valence-corrected chi connectivity index (χ0v) is 15.8. The maximum atomic E-state index is 11.5. The highest BCUT2D eigenvalue weighted by molar-refractivity contribution is 7.88. The van der Waals surface area contributed by atoms with Crippen LogP contribution < -0.4 is 10.6 Å². The number of hydrogen-bond donors (Lipinski definition) is 2. The molecular formula is C15H33N5O2S. The summed E-state index contributed by atoms with van der Waals surface area (Å²) in [6.07, 6.45) is 4.51. The highest BCUT2D eigenvalue weighted by atomic mass is 32.2. The molecule has 8 heteroatoms. The van der Waals surface area contributed by atoms with Crippen molar-refractivity contribution < 1.29 is 8.42 Å². The summed E-state index contributed by atoms with van der Waals surface area (Å²) < 4.78 is 24.5. The summed E-state index contributed by atoms with van der Waals surface area (Å²) in [4.78, 5) is 6.72. The molecule has 1 unspecified atom stereocenters. The predicted octanol–water partition coefficient (Wildman–Crippen LogP) is 0.307. The summed E-state index contributed by atoms with van der Waals surface area (Å²) in [5.74, 6) is 0.787. The van der Waals surface area contributed by atoms with Crippen LogP contribution in [0, 0.1) is 0 Å². The van der Waals surface area contributed by atoms with E-state index in [0.29, 0.717) is 25.7 Å². The summed E-state index contributed by atoms with van der Waals surface area (Å²) in [5, 5.41) is 6.63. The Morgan fingerprint density at radius 3 is 2.65 bits per heavy atom. The second-order valence-electron chi connectivity index (χ2n) is 5.91. The monoisotopic (exact) mass is 347 g/mol. The zero-order valence-electron chi connectivity index (χ0n) is 15.0. The highest BCUT2D eigenvalue weighted by Crippen LogP contribution is 2.15. The van der Waals surface area contributed by atoms with E-state index in [1.807, 2.05) is 6.92 Å². The van der Waals surface area contributed by atoms with Crippen LogP contribution in [0.3, 0.4) is 0 Å². The lowest BCUT2D eigenvalue weighted by Gasteiger charge is -2.24. The van der Waals surface area contributed by atoms with Crippen molar-refractivity contribution >= 4 is 16.0 Å². The minimum Gasteiger partial charge on any atom is -0.356 e. The van der Waals surface area contributed by atoms with E-state index in [0.717, 1.165) is 25.5 Å². The first-order chi connectivity index (χ1) is 10.9. The molecule has 7 nitrogen and oxygen atoms in total. The van der Waals surface area contributed by atoms with Gasteiger partial charge < -0.3 is 10.6 Å². The molecule has 2 N–H and O–H groups in total.